The van der Waals surface area contributed by atoms with Crippen molar-refractivity contribution in [3.63, 3.8) is 0 Å². The van der Waals surface area contributed by atoms with Gasteiger partial charge >= 0.3 is 5.69 Å². The second-order valence-electron chi connectivity index (χ2n) is 4.59. The maximum absolute atomic E-state index is 11.8. The molecule has 0 unspecified atom stereocenters. The maximum Gasteiger partial charge on any atom is 0.340 e. The van der Waals surface area contributed by atoms with Crippen LogP contribution in [-0.4, -0.2) is 19.5 Å². The fraction of sp³-hybridized carbons (Fsp3) is 0.0769. The molecule has 2 heterocycles. The largest absolute Gasteiger partial charge is 0.340 e. The van der Waals surface area contributed by atoms with Crippen LogP contribution in [0.1, 0.15) is 5.56 Å². The molecular weight excluding hydrogens is 276 g/mol. The number of H-pyrrole nitrogens is 2. The van der Waals surface area contributed by atoms with Crippen LogP contribution in [0.2, 0.25) is 0 Å². The van der Waals surface area contributed by atoms with E-state index < -0.39 is 16.2 Å². The van der Waals surface area contributed by atoms with Crippen LogP contribution < -0.4 is 11.2 Å². The number of aromatic amines is 2. The first-order chi connectivity index (χ1) is 9.97. The van der Waals surface area contributed by atoms with Crippen molar-refractivity contribution in [1.82, 2.24) is 14.6 Å². The van der Waals surface area contributed by atoms with E-state index in [9.17, 15) is 19.7 Å². The van der Waals surface area contributed by atoms with Crippen LogP contribution in [0.4, 0.5) is 5.69 Å². The predicted octanol–water partition coefficient (Wildman–Crippen LogP) is 1.20. The molecule has 0 saturated carbocycles. The van der Waals surface area contributed by atoms with Gasteiger partial charge < -0.3 is 0 Å². The van der Waals surface area contributed by atoms with Crippen molar-refractivity contribution in [1.29, 1.82) is 0 Å². The van der Waals surface area contributed by atoms with Crippen molar-refractivity contribution in [3.8, 4) is 11.1 Å². The summed E-state index contributed by atoms with van der Waals surface area (Å²) >= 11 is 0. The van der Waals surface area contributed by atoms with Crippen LogP contribution in [0.25, 0.3) is 16.6 Å². The summed E-state index contributed by atoms with van der Waals surface area (Å²) in [6.07, 6.45) is 1.61. The Bertz CT molecular complexity index is 962. The number of nitro benzene ring substituents is 1. The van der Waals surface area contributed by atoms with Crippen LogP contribution in [0.3, 0.4) is 0 Å². The van der Waals surface area contributed by atoms with Gasteiger partial charge in [0, 0.05) is 23.9 Å². The van der Waals surface area contributed by atoms with E-state index in [1.807, 2.05) is 0 Å². The Kier molecular flexibility index (Phi) is 2.72. The van der Waals surface area contributed by atoms with Gasteiger partial charge in [-0.05, 0) is 30.2 Å². The van der Waals surface area contributed by atoms with Gasteiger partial charge in [-0.2, -0.15) is 0 Å². The first kappa shape index (κ1) is 12.9. The number of rotatable bonds is 2. The molecule has 0 aliphatic carbocycles. The predicted molar refractivity (Wildman–Crippen MR) is 75.5 cm³/mol. The standard InChI is InChI=1S/C13H10N4O4/c1-7-10(8-2-4-9(5-3-8)17(20)21)6-16-11(7)12(18)14-13(19)15-16/h2-6H,1H3,(H2,14,15,18,19). The second kappa shape index (κ2) is 4.44. The average Bonchev–Trinajstić information content (AvgIpc) is 2.76. The number of nitro groups is 1. The molecule has 0 saturated heterocycles. The number of aryl methyl sites for hydroxylation is 1. The van der Waals surface area contributed by atoms with Crippen LogP contribution in [0.15, 0.2) is 40.1 Å². The van der Waals surface area contributed by atoms with E-state index in [0.29, 0.717) is 11.1 Å². The SMILES string of the molecule is Cc1c(-c2ccc([N+](=O)[O-])cc2)cn2[nH]c(=O)[nH]c(=O)c12. The van der Waals surface area contributed by atoms with E-state index in [2.05, 4.69) is 10.1 Å². The van der Waals surface area contributed by atoms with Gasteiger partial charge in [-0.3, -0.25) is 24.4 Å². The van der Waals surface area contributed by atoms with Crippen molar-refractivity contribution in [2.45, 2.75) is 6.92 Å². The summed E-state index contributed by atoms with van der Waals surface area (Å²) in [7, 11) is 0. The summed E-state index contributed by atoms with van der Waals surface area (Å²) in [5.41, 5.74) is 1.37. The molecule has 8 heteroatoms. The van der Waals surface area contributed by atoms with E-state index in [1.165, 1.54) is 16.6 Å². The summed E-state index contributed by atoms with van der Waals surface area (Å²) in [4.78, 5) is 35.4. The van der Waals surface area contributed by atoms with Gasteiger partial charge in [0.2, 0.25) is 0 Å². The molecule has 0 spiro atoms. The van der Waals surface area contributed by atoms with Gasteiger partial charge in [-0.25, -0.2) is 9.89 Å². The Morgan fingerprint density at radius 2 is 1.86 bits per heavy atom. The summed E-state index contributed by atoms with van der Waals surface area (Å²) in [5, 5.41) is 13.1. The topological polar surface area (TPSA) is 113 Å². The lowest BCUT2D eigenvalue weighted by molar-refractivity contribution is -0.384. The summed E-state index contributed by atoms with van der Waals surface area (Å²) < 4.78 is 1.35. The second-order valence-corrected chi connectivity index (χ2v) is 4.59. The van der Waals surface area contributed by atoms with Crippen molar-refractivity contribution in [2.75, 3.05) is 0 Å². The van der Waals surface area contributed by atoms with Gasteiger partial charge in [0.1, 0.15) is 5.52 Å². The van der Waals surface area contributed by atoms with Crippen LogP contribution in [0, 0.1) is 17.0 Å². The number of aromatic nitrogens is 3. The third kappa shape index (κ3) is 2.02. The first-order valence-electron chi connectivity index (χ1n) is 6.06. The minimum Gasteiger partial charge on any atom is -0.271 e. The number of hydrogen-bond donors (Lipinski definition) is 2. The molecule has 0 amide bonds. The number of benzene rings is 1. The highest BCUT2D eigenvalue weighted by molar-refractivity contribution is 5.75. The number of hydrogen-bond acceptors (Lipinski definition) is 4. The maximum atomic E-state index is 11.8. The zero-order chi connectivity index (χ0) is 15.1. The average molecular weight is 286 g/mol. The van der Waals surface area contributed by atoms with Gasteiger partial charge in [0.15, 0.2) is 0 Å². The van der Waals surface area contributed by atoms with Gasteiger partial charge in [-0.1, -0.05) is 0 Å². The van der Waals surface area contributed by atoms with E-state index in [-0.39, 0.29) is 5.69 Å². The van der Waals surface area contributed by atoms with Crippen molar-refractivity contribution in [2.24, 2.45) is 0 Å². The summed E-state index contributed by atoms with van der Waals surface area (Å²) in [6, 6.07) is 5.99. The summed E-state index contributed by atoms with van der Waals surface area (Å²) in [6.45, 7) is 1.75. The first-order valence-corrected chi connectivity index (χ1v) is 6.06. The lowest BCUT2D eigenvalue weighted by atomic mass is 10.0. The van der Waals surface area contributed by atoms with Gasteiger partial charge in [-0.15, -0.1) is 0 Å². The highest BCUT2D eigenvalue weighted by atomic mass is 16.6. The molecule has 0 atom stereocenters. The minimum atomic E-state index is -0.599. The van der Waals surface area contributed by atoms with Crippen molar-refractivity contribution in [3.05, 3.63) is 67.0 Å². The number of fused-ring (bicyclic) bond motifs is 1. The molecule has 1 aromatic carbocycles. The Hall–Kier alpha value is -3.16. The zero-order valence-electron chi connectivity index (χ0n) is 10.9. The summed E-state index contributed by atoms with van der Waals surface area (Å²) in [5.74, 6) is 0. The molecule has 3 aromatic rings. The monoisotopic (exact) mass is 286 g/mol. The zero-order valence-corrected chi connectivity index (χ0v) is 10.9. The Morgan fingerprint density at radius 1 is 1.19 bits per heavy atom. The Labute approximate surface area is 116 Å². The molecule has 8 nitrogen and oxygen atoms in total. The highest BCUT2D eigenvalue weighted by Gasteiger charge is 2.13. The quantitative estimate of drug-likeness (QED) is 0.544. The Morgan fingerprint density at radius 3 is 2.48 bits per heavy atom. The molecule has 21 heavy (non-hydrogen) atoms. The van der Waals surface area contributed by atoms with Gasteiger partial charge in [0.25, 0.3) is 11.2 Å². The van der Waals surface area contributed by atoms with E-state index >= 15 is 0 Å². The molecule has 0 fully saturated rings. The molecule has 106 valence electrons. The smallest absolute Gasteiger partial charge is 0.271 e. The van der Waals surface area contributed by atoms with Crippen LogP contribution in [0.5, 0.6) is 0 Å². The van der Waals surface area contributed by atoms with Gasteiger partial charge in [0.05, 0.1) is 4.92 Å². The highest BCUT2D eigenvalue weighted by Crippen LogP contribution is 2.27. The lowest BCUT2D eigenvalue weighted by Crippen LogP contribution is -2.25. The molecule has 3 rings (SSSR count). The van der Waals surface area contributed by atoms with Crippen LogP contribution >= 0.6 is 0 Å². The fourth-order valence-electron chi connectivity index (χ4n) is 2.32. The van der Waals surface area contributed by atoms with Crippen molar-refractivity contribution >= 4 is 11.2 Å². The molecule has 0 aliphatic heterocycles. The van der Waals surface area contributed by atoms with E-state index in [4.69, 9.17) is 0 Å². The minimum absolute atomic E-state index is 0.00794. The lowest BCUT2D eigenvalue weighted by Gasteiger charge is -1.99. The fourth-order valence-corrected chi connectivity index (χ4v) is 2.32. The number of nitrogens with zero attached hydrogens (tertiary/aromatic N) is 2. The number of nitrogens with one attached hydrogen (secondary N) is 2. The number of non-ortho nitro benzene ring substituents is 1. The van der Waals surface area contributed by atoms with E-state index in [1.54, 1.807) is 25.3 Å². The molecule has 0 bridgehead atoms. The Balaban J connectivity index is 2.23. The normalized spacial score (nSPS) is 10.9. The van der Waals surface area contributed by atoms with Crippen molar-refractivity contribution < 1.29 is 4.92 Å². The molecule has 2 aromatic heterocycles. The molecule has 0 radical (unpaired) electrons. The molecule has 2 N–H and O–H groups in total. The third-order valence-corrected chi connectivity index (χ3v) is 3.31. The van der Waals surface area contributed by atoms with Crippen LogP contribution in [-0.2, 0) is 0 Å². The van der Waals surface area contributed by atoms with E-state index in [0.717, 1.165) is 11.1 Å². The molecular formula is C13H10N4O4. The third-order valence-electron chi connectivity index (χ3n) is 3.31. The molecule has 0 aliphatic rings.